The van der Waals surface area contributed by atoms with Gasteiger partial charge in [-0.15, -0.1) is 0 Å². The molecule has 0 bridgehead atoms. The summed E-state index contributed by atoms with van der Waals surface area (Å²) in [5, 5.41) is 4.06. The molecule has 0 saturated heterocycles. The van der Waals surface area contributed by atoms with E-state index in [-0.39, 0.29) is 5.75 Å². The van der Waals surface area contributed by atoms with Crippen LogP contribution in [0.2, 0.25) is 0 Å². The van der Waals surface area contributed by atoms with Crippen molar-refractivity contribution in [3.63, 3.8) is 0 Å². The van der Waals surface area contributed by atoms with Gasteiger partial charge in [0, 0.05) is 24.8 Å². The quantitative estimate of drug-likeness (QED) is 0.730. The first-order valence-electron chi connectivity index (χ1n) is 5.02. The molecule has 7 heteroatoms. The van der Waals surface area contributed by atoms with Crippen LogP contribution in [0.3, 0.4) is 0 Å². The fourth-order valence-corrected chi connectivity index (χ4v) is 3.36. The Labute approximate surface area is 100 Å². The van der Waals surface area contributed by atoms with E-state index in [1.165, 1.54) is 6.26 Å². The molecule has 0 atom stereocenters. The Hall–Kier alpha value is -0.690. The third-order valence-corrected chi connectivity index (χ3v) is 4.21. The zero-order valence-electron chi connectivity index (χ0n) is 9.30. The van der Waals surface area contributed by atoms with Crippen molar-refractivity contribution >= 4 is 27.4 Å². The summed E-state index contributed by atoms with van der Waals surface area (Å²) in [5.74, 6) is 2.40. The largest absolute Gasteiger partial charge is 0.382 e. The Kier molecular flexibility index (Phi) is 5.14. The molecule has 0 amide bonds. The van der Waals surface area contributed by atoms with Gasteiger partial charge in [-0.25, -0.2) is 8.42 Å². The van der Waals surface area contributed by atoms with Crippen molar-refractivity contribution in [2.24, 2.45) is 0 Å². The molecule has 0 aliphatic heterocycles. The van der Waals surface area contributed by atoms with Crippen LogP contribution in [0.15, 0.2) is 12.3 Å². The summed E-state index contributed by atoms with van der Waals surface area (Å²) < 4.78 is 23.5. The first kappa shape index (κ1) is 13.4. The van der Waals surface area contributed by atoms with Gasteiger partial charge in [0.15, 0.2) is 0 Å². The minimum Gasteiger partial charge on any atom is -0.382 e. The van der Waals surface area contributed by atoms with Gasteiger partial charge in [-0.1, -0.05) is 0 Å². The number of anilines is 1. The lowest BCUT2D eigenvalue weighted by molar-refractivity contribution is 0.603. The molecule has 0 saturated carbocycles. The third kappa shape index (κ3) is 6.02. The van der Waals surface area contributed by atoms with E-state index in [2.05, 4.69) is 5.10 Å². The first-order chi connectivity index (χ1) is 7.47. The number of nitrogen functional groups attached to an aromatic ring is 1. The Balaban J connectivity index is 2.04. The van der Waals surface area contributed by atoms with Crippen LogP contribution in [-0.2, 0) is 16.4 Å². The van der Waals surface area contributed by atoms with Gasteiger partial charge in [-0.3, -0.25) is 4.68 Å². The smallest absolute Gasteiger partial charge is 0.148 e. The van der Waals surface area contributed by atoms with Crippen LogP contribution in [-0.4, -0.2) is 41.7 Å². The lowest BCUT2D eigenvalue weighted by Crippen LogP contribution is -2.06. The molecule has 1 aromatic heterocycles. The maximum atomic E-state index is 10.8. The van der Waals surface area contributed by atoms with Gasteiger partial charge < -0.3 is 5.73 Å². The highest BCUT2D eigenvalue weighted by Gasteiger charge is 2.01. The average Bonchev–Trinajstić information content (AvgIpc) is 2.56. The number of hydrogen-bond donors (Lipinski definition) is 1. The van der Waals surface area contributed by atoms with E-state index in [0.717, 1.165) is 18.7 Å². The molecule has 0 aromatic carbocycles. The Morgan fingerprint density at radius 3 is 2.81 bits per heavy atom. The third-order valence-electron chi connectivity index (χ3n) is 1.94. The number of hydrogen-bond acceptors (Lipinski definition) is 5. The Morgan fingerprint density at radius 1 is 1.50 bits per heavy atom. The predicted octanol–water partition coefficient (Wildman–Crippen LogP) is 0.633. The molecule has 2 N–H and O–H groups in total. The number of rotatable bonds is 7. The van der Waals surface area contributed by atoms with Crippen molar-refractivity contribution in [1.29, 1.82) is 0 Å². The van der Waals surface area contributed by atoms with E-state index in [4.69, 9.17) is 5.73 Å². The van der Waals surface area contributed by atoms with Gasteiger partial charge in [0.25, 0.3) is 0 Å². The van der Waals surface area contributed by atoms with Crippen LogP contribution in [0.25, 0.3) is 0 Å². The molecule has 0 spiro atoms. The summed E-state index contributed by atoms with van der Waals surface area (Å²) in [4.78, 5) is 0. The summed E-state index contributed by atoms with van der Waals surface area (Å²) in [5.41, 5.74) is 5.47. The average molecular weight is 263 g/mol. The number of aryl methyl sites for hydroxylation is 1. The zero-order valence-corrected chi connectivity index (χ0v) is 10.9. The second-order valence-electron chi connectivity index (χ2n) is 3.60. The predicted molar refractivity (Wildman–Crippen MR) is 68.3 cm³/mol. The summed E-state index contributed by atoms with van der Waals surface area (Å²) in [6.45, 7) is 0.822. The number of nitrogens with zero attached hydrogens (tertiary/aromatic N) is 2. The second-order valence-corrected chi connectivity index (χ2v) is 7.08. The Bertz CT molecular complexity index is 414. The fourth-order valence-electron chi connectivity index (χ4n) is 1.14. The highest BCUT2D eigenvalue weighted by Crippen LogP contribution is 2.05. The van der Waals surface area contributed by atoms with E-state index >= 15 is 0 Å². The van der Waals surface area contributed by atoms with Gasteiger partial charge in [-0.05, 0) is 18.2 Å². The van der Waals surface area contributed by atoms with Crippen LogP contribution in [0.4, 0.5) is 5.82 Å². The SMILES string of the molecule is CS(=O)(=O)CCSCCCn1ccc(N)n1. The molecule has 5 nitrogen and oxygen atoms in total. The molecule has 1 rings (SSSR count). The van der Waals surface area contributed by atoms with E-state index in [1.807, 2.05) is 6.20 Å². The maximum absolute atomic E-state index is 10.8. The van der Waals surface area contributed by atoms with Gasteiger partial charge in [0.1, 0.15) is 15.7 Å². The normalized spacial score (nSPS) is 11.8. The lowest BCUT2D eigenvalue weighted by atomic mass is 10.5. The standard InChI is InChI=1S/C9H17N3O2S2/c1-16(13,14)8-7-15-6-2-4-12-5-3-9(10)11-12/h3,5H,2,4,6-8H2,1H3,(H2,10,11). The van der Waals surface area contributed by atoms with E-state index in [0.29, 0.717) is 11.6 Å². The van der Waals surface area contributed by atoms with Crippen LogP contribution >= 0.6 is 11.8 Å². The van der Waals surface area contributed by atoms with E-state index < -0.39 is 9.84 Å². The molecule has 0 fully saturated rings. The van der Waals surface area contributed by atoms with Gasteiger partial charge in [0.2, 0.25) is 0 Å². The first-order valence-corrected chi connectivity index (χ1v) is 8.23. The monoisotopic (exact) mass is 263 g/mol. The van der Waals surface area contributed by atoms with Crippen molar-refractivity contribution in [1.82, 2.24) is 9.78 Å². The summed E-state index contributed by atoms with van der Waals surface area (Å²) in [6, 6.07) is 1.76. The topological polar surface area (TPSA) is 78.0 Å². The molecule has 1 heterocycles. The van der Waals surface area contributed by atoms with Crippen molar-refractivity contribution in [2.45, 2.75) is 13.0 Å². The minimum atomic E-state index is -2.82. The molecule has 1 aromatic rings. The zero-order chi connectivity index (χ0) is 12.0. The van der Waals surface area contributed by atoms with Gasteiger partial charge >= 0.3 is 0 Å². The molecular weight excluding hydrogens is 246 g/mol. The molecule has 0 radical (unpaired) electrons. The van der Waals surface area contributed by atoms with Crippen molar-refractivity contribution in [3.05, 3.63) is 12.3 Å². The van der Waals surface area contributed by atoms with Crippen LogP contribution in [0, 0.1) is 0 Å². The van der Waals surface area contributed by atoms with Crippen molar-refractivity contribution in [2.75, 3.05) is 29.2 Å². The number of nitrogens with two attached hydrogens (primary N) is 1. The Morgan fingerprint density at radius 2 is 2.25 bits per heavy atom. The molecule has 0 aliphatic rings. The molecule has 0 aliphatic carbocycles. The van der Waals surface area contributed by atoms with E-state index in [1.54, 1.807) is 22.5 Å². The van der Waals surface area contributed by atoms with Gasteiger partial charge in [-0.2, -0.15) is 16.9 Å². The summed E-state index contributed by atoms with van der Waals surface area (Å²) in [7, 11) is -2.82. The number of sulfone groups is 1. The van der Waals surface area contributed by atoms with Gasteiger partial charge in [0.05, 0.1) is 5.75 Å². The van der Waals surface area contributed by atoms with Crippen molar-refractivity contribution in [3.8, 4) is 0 Å². The number of aromatic nitrogens is 2. The number of thioether (sulfide) groups is 1. The molecule has 92 valence electrons. The highest BCUT2D eigenvalue weighted by atomic mass is 32.2. The van der Waals surface area contributed by atoms with Crippen LogP contribution < -0.4 is 5.73 Å². The van der Waals surface area contributed by atoms with E-state index in [9.17, 15) is 8.42 Å². The fraction of sp³-hybridized carbons (Fsp3) is 0.667. The van der Waals surface area contributed by atoms with Crippen LogP contribution in [0.1, 0.15) is 6.42 Å². The summed E-state index contributed by atoms with van der Waals surface area (Å²) in [6.07, 6.45) is 4.08. The molecular formula is C9H17N3O2S2. The summed E-state index contributed by atoms with van der Waals surface area (Å²) >= 11 is 1.65. The lowest BCUT2D eigenvalue weighted by Gasteiger charge is -2.01. The second kappa shape index (κ2) is 6.15. The highest BCUT2D eigenvalue weighted by molar-refractivity contribution is 8.00. The minimum absolute atomic E-state index is 0.256. The maximum Gasteiger partial charge on any atom is 0.148 e. The molecule has 0 unspecified atom stereocenters. The molecule has 16 heavy (non-hydrogen) atoms. The van der Waals surface area contributed by atoms with Crippen LogP contribution in [0.5, 0.6) is 0 Å². The van der Waals surface area contributed by atoms with Crippen molar-refractivity contribution < 1.29 is 8.42 Å².